The largest absolute Gasteiger partial charge is 0.493 e. The van der Waals surface area contributed by atoms with Gasteiger partial charge < -0.3 is 24.5 Å². The van der Waals surface area contributed by atoms with E-state index in [4.69, 9.17) is 19.1 Å². The summed E-state index contributed by atoms with van der Waals surface area (Å²) in [5.74, 6) is -2.53. The van der Waals surface area contributed by atoms with E-state index in [2.05, 4.69) is 6.92 Å². The molecular weight excluding hydrogens is 462 g/mol. The monoisotopic (exact) mass is 495 g/mol. The first-order valence-electron chi connectivity index (χ1n) is 12.1. The molecule has 0 spiro atoms. The summed E-state index contributed by atoms with van der Waals surface area (Å²) in [7, 11) is 0. The summed E-state index contributed by atoms with van der Waals surface area (Å²) in [4.78, 5) is 23.0. The number of ether oxygens (including phenoxy) is 1. The first kappa shape index (κ1) is 27.0. The van der Waals surface area contributed by atoms with Crippen molar-refractivity contribution in [3.63, 3.8) is 0 Å². The molecule has 1 saturated carbocycles. The minimum absolute atomic E-state index is 0.177. The Labute approximate surface area is 210 Å². The van der Waals surface area contributed by atoms with Gasteiger partial charge in [-0.15, -0.1) is 0 Å². The number of aliphatic hydroxyl groups is 2. The minimum atomic E-state index is -2.48. The predicted octanol–water partition coefficient (Wildman–Crippen LogP) is 5.01. The Kier molecular flexibility index (Phi) is 9.67. The molecular formula is C28H33NO7. The van der Waals surface area contributed by atoms with E-state index in [1.807, 2.05) is 18.2 Å². The molecule has 4 rings (SSSR count). The van der Waals surface area contributed by atoms with Crippen molar-refractivity contribution in [1.82, 2.24) is 4.90 Å². The molecule has 1 aliphatic carbocycles. The molecule has 1 fully saturated rings. The second-order valence-corrected chi connectivity index (χ2v) is 8.64. The van der Waals surface area contributed by atoms with Crippen molar-refractivity contribution in [3.05, 3.63) is 78.3 Å². The standard InChI is InChI=1S/C27H31NO5.CH2O2/c1-2-3-4-7-17-33-25-9-6-5-8-24(25)27(30,31)28(23-14-15-23)26(29)21-12-10-20(11-13-21)22-16-18-32-19-22;2-1-3/h5-6,8-13,16,18-19,23,30-31H,2-4,7,14-15,17H2,1H3;1H,(H,2,3). The molecule has 0 atom stereocenters. The third-order valence-electron chi connectivity index (χ3n) is 5.96. The van der Waals surface area contributed by atoms with Gasteiger partial charge in [0.05, 0.1) is 24.7 Å². The first-order chi connectivity index (χ1) is 17.4. The average Bonchev–Trinajstić information content (AvgIpc) is 3.55. The number of benzene rings is 2. The zero-order valence-corrected chi connectivity index (χ0v) is 20.4. The maximum absolute atomic E-state index is 13.4. The smallest absolute Gasteiger partial charge is 0.290 e. The number of unbranched alkanes of at least 4 members (excludes halogenated alkanes) is 3. The van der Waals surface area contributed by atoms with E-state index in [0.29, 0.717) is 17.9 Å². The lowest BCUT2D eigenvalue weighted by molar-refractivity contribution is -0.259. The van der Waals surface area contributed by atoms with E-state index >= 15 is 0 Å². The molecule has 0 bridgehead atoms. The van der Waals surface area contributed by atoms with Gasteiger partial charge in [0, 0.05) is 17.2 Å². The van der Waals surface area contributed by atoms with Crippen molar-refractivity contribution < 1.29 is 34.1 Å². The molecule has 1 aliphatic rings. The molecule has 0 unspecified atom stereocenters. The Morgan fingerprint density at radius 2 is 1.75 bits per heavy atom. The Bertz CT molecular complexity index is 1090. The molecule has 36 heavy (non-hydrogen) atoms. The predicted molar refractivity (Wildman–Crippen MR) is 134 cm³/mol. The number of nitrogens with zero attached hydrogens (tertiary/aromatic N) is 1. The number of hydrogen-bond acceptors (Lipinski definition) is 6. The van der Waals surface area contributed by atoms with Gasteiger partial charge in [0.25, 0.3) is 18.3 Å². The molecule has 0 aliphatic heterocycles. The van der Waals surface area contributed by atoms with Crippen LogP contribution in [0.5, 0.6) is 5.75 Å². The third-order valence-corrected chi connectivity index (χ3v) is 5.96. The summed E-state index contributed by atoms with van der Waals surface area (Å²) in [6.45, 7) is 2.39. The molecule has 1 heterocycles. The number of carbonyl (C=O) groups excluding carboxylic acids is 1. The van der Waals surface area contributed by atoms with Gasteiger partial charge in [-0.1, -0.05) is 50.5 Å². The molecule has 8 nitrogen and oxygen atoms in total. The lowest BCUT2D eigenvalue weighted by atomic mass is 10.0. The summed E-state index contributed by atoms with van der Waals surface area (Å²) >= 11 is 0. The highest BCUT2D eigenvalue weighted by Crippen LogP contribution is 2.40. The lowest BCUT2D eigenvalue weighted by Gasteiger charge is -2.36. The van der Waals surface area contributed by atoms with Crippen LogP contribution in [0.1, 0.15) is 61.4 Å². The maximum Gasteiger partial charge on any atom is 0.290 e. The molecule has 8 heteroatoms. The fourth-order valence-corrected chi connectivity index (χ4v) is 3.98. The number of para-hydroxylation sites is 1. The van der Waals surface area contributed by atoms with E-state index in [1.165, 1.54) is 4.90 Å². The number of rotatable bonds is 11. The SMILES string of the molecule is CCCCCCOc1ccccc1C(O)(O)N(C(=O)c1ccc(-c2ccoc2)cc1)C1CC1.O=CO. The fraction of sp³-hybridized carbons (Fsp3) is 0.357. The Morgan fingerprint density at radius 1 is 1.06 bits per heavy atom. The zero-order valence-electron chi connectivity index (χ0n) is 20.4. The number of hydrogen-bond donors (Lipinski definition) is 3. The van der Waals surface area contributed by atoms with Crippen LogP contribution in [-0.4, -0.2) is 45.2 Å². The third kappa shape index (κ3) is 6.74. The molecule has 0 saturated heterocycles. The minimum Gasteiger partial charge on any atom is -0.493 e. The van der Waals surface area contributed by atoms with E-state index in [1.54, 1.807) is 48.9 Å². The molecule has 3 N–H and O–H groups in total. The summed E-state index contributed by atoms with van der Waals surface area (Å²) in [6, 6.07) is 15.5. The lowest BCUT2D eigenvalue weighted by Crippen LogP contribution is -2.51. The van der Waals surface area contributed by atoms with Gasteiger partial charge in [0.2, 0.25) is 0 Å². The number of carboxylic acid groups (broad SMARTS) is 1. The van der Waals surface area contributed by atoms with Crippen molar-refractivity contribution in [3.8, 4) is 16.9 Å². The maximum atomic E-state index is 13.4. The average molecular weight is 496 g/mol. The van der Waals surface area contributed by atoms with Crippen molar-refractivity contribution >= 4 is 12.4 Å². The number of amides is 1. The van der Waals surface area contributed by atoms with Crippen LogP contribution in [0.15, 0.2) is 71.5 Å². The van der Waals surface area contributed by atoms with E-state index in [0.717, 1.165) is 49.7 Å². The van der Waals surface area contributed by atoms with Gasteiger partial charge in [0.15, 0.2) is 0 Å². The highest BCUT2D eigenvalue weighted by atomic mass is 16.5. The van der Waals surface area contributed by atoms with Crippen molar-refractivity contribution in [2.24, 2.45) is 0 Å². The fourth-order valence-electron chi connectivity index (χ4n) is 3.98. The summed E-state index contributed by atoms with van der Waals surface area (Å²) < 4.78 is 11.0. The zero-order chi connectivity index (χ0) is 26.0. The molecule has 2 aromatic carbocycles. The summed E-state index contributed by atoms with van der Waals surface area (Å²) in [6.07, 6.45) is 8.90. The van der Waals surface area contributed by atoms with Crippen LogP contribution in [0.4, 0.5) is 0 Å². The first-order valence-corrected chi connectivity index (χ1v) is 12.1. The molecule has 1 amide bonds. The highest BCUT2D eigenvalue weighted by molar-refractivity contribution is 5.95. The van der Waals surface area contributed by atoms with Crippen LogP contribution < -0.4 is 4.74 Å². The van der Waals surface area contributed by atoms with E-state index in [-0.39, 0.29) is 18.1 Å². The van der Waals surface area contributed by atoms with E-state index in [9.17, 15) is 15.0 Å². The normalized spacial score (nSPS) is 12.9. The Morgan fingerprint density at radius 3 is 2.36 bits per heavy atom. The van der Waals surface area contributed by atoms with Gasteiger partial charge in [-0.2, -0.15) is 0 Å². The van der Waals surface area contributed by atoms with Crippen LogP contribution in [0.2, 0.25) is 0 Å². The van der Waals surface area contributed by atoms with Crippen LogP contribution in [0.25, 0.3) is 11.1 Å². The van der Waals surface area contributed by atoms with Gasteiger partial charge in [0.1, 0.15) is 5.75 Å². The van der Waals surface area contributed by atoms with Crippen molar-refractivity contribution in [1.29, 1.82) is 0 Å². The van der Waals surface area contributed by atoms with Crippen LogP contribution in [-0.2, 0) is 10.7 Å². The Hall–Kier alpha value is -3.62. The second kappa shape index (κ2) is 12.9. The summed E-state index contributed by atoms with van der Waals surface area (Å²) in [5.41, 5.74) is 2.39. The van der Waals surface area contributed by atoms with Gasteiger partial charge in [-0.05, 0) is 55.2 Å². The summed E-state index contributed by atoms with van der Waals surface area (Å²) in [5, 5.41) is 29.5. The van der Waals surface area contributed by atoms with Gasteiger partial charge >= 0.3 is 0 Å². The van der Waals surface area contributed by atoms with Crippen molar-refractivity contribution in [2.45, 2.75) is 57.4 Å². The van der Waals surface area contributed by atoms with Gasteiger partial charge in [-0.3, -0.25) is 14.5 Å². The van der Waals surface area contributed by atoms with Gasteiger partial charge in [-0.25, -0.2) is 0 Å². The quantitative estimate of drug-likeness (QED) is 0.194. The number of carbonyl (C=O) groups is 2. The topological polar surface area (TPSA) is 120 Å². The molecule has 192 valence electrons. The van der Waals surface area contributed by atoms with E-state index < -0.39 is 11.8 Å². The van der Waals surface area contributed by atoms with Crippen molar-refractivity contribution in [2.75, 3.05) is 6.61 Å². The Balaban J connectivity index is 0.00000115. The highest BCUT2D eigenvalue weighted by Gasteiger charge is 2.48. The van der Waals surface area contributed by atoms with Crippen LogP contribution >= 0.6 is 0 Å². The number of furan rings is 1. The second-order valence-electron chi connectivity index (χ2n) is 8.64. The molecule has 1 aromatic heterocycles. The molecule has 3 aromatic rings. The van der Waals surface area contributed by atoms with Crippen LogP contribution in [0.3, 0.4) is 0 Å². The van der Waals surface area contributed by atoms with Crippen LogP contribution in [0, 0.1) is 0 Å². The molecule has 0 radical (unpaired) electrons.